The van der Waals surface area contributed by atoms with Crippen LogP contribution in [0.2, 0.25) is 0 Å². The lowest BCUT2D eigenvalue weighted by Gasteiger charge is -2.38. The monoisotopic (exact) mass is 467 g/mol. The predicted octanol–water partition coefficient (Wildman–Crippen LogP) is 3.58. The van der Waals surface area contributed by atoms with E-state index in [0.717, 1.165) is 43.9 Å². The number of aliphatic imine (C=N–C) groups is 1. The second-order valence-corrected chi connectivity index (χ2v) is 6.70. The van der Waals surface area contributed by atoms with Crippen molar-refractivity contribution in [2.75, 3.05) is 13.1 Å². The van der Waals surface area contributed by atoms with Gasteiger partial charge >= 0.3 is 0 Å². The minimum atomic E-state index is -0.475. The van der Waals surface area contributed by atoms with Crippen molar-refractivity contribution in [1.82, 2.24) is 10.6 Å². The first kappa shape index (κ1) is 22.1. The molecule has 3 N–H and O–H groups in total. The van der Waals surface area contributed by atoms with Crippen LogP contribution in [0.4, 0.5) is 8.78 Å². The number of guanidine groups is 1. The van der Waals surface area contributed by atoms with Gasteiger partial charge in [-0.05, 0) is 38.0 Å². The molecule has 142 valence electrons. The van der Waals surface area contributed by atoms with Crippen LogP contribution in [0.5, 0.6) is 0 Å². The van der Waals surface area contributed by atoms with Gasteiger partial charge in [0.05, 0.1) is 12.6 Å². The number of aliphatic hydroxyl groups is 1. The Bertz CT molecular complexity index is 585. The zero-order valence-corrected chi connectivity index (χ0v) is 17.1. The lowest BCUT2D eigenvalue weighted by molar-refractivity contribution is 0.00397. The van der Waals surface area contributed by atoms with Crippen LogP contribution in [0.3, 0.4) is 0 Å². The SMILES string of the molecule is CCNC(=NCc1cc(F)ccc1F)NCC1(C)CCCCC1O.I. The Morgan fingerprint density at radius 1 is 1.32 bits per heavy atom. The lowest BCUT2D eigenvalue weighted by atomic mass is 9.73. The molecule has 2 atom stereocenters. The molecular formula is C18H28F2IN3O. The molecule has 2 rings (SSSR count). The average molecular weight is 467 g/mol. The summed E-state index contributed by atoms with van der Waals surface area (Å²) in [5.41, 5.74) is 0.0227. The van der Waals surface area contributed by atoms with Gasteiger partial charge in [-0.1, -0.05) is 19.8 Å². The van der Waals surface area contributed by atoms with Gasteiger partial charge in [0.2, 0.25) is 0 Å². The van der Waals surface area contributed by atoms with Gasteiger partial charge in [-0.3, -0.25) is 0 Å². The van der Waals surface area contributed by atoms with Crippen LogP contribution in [-0.4, -0.2) is 30.3 Å². The zero-order chi connectivity index (χ0) is 17.6. The Kier molecular flexibility index (Phi) is 9.06. The quantitative estimate of drug-likeness (QED) is 0.353. The molecule has 0 bridgehead atoms. The fraction of sp³-hybridized carbons (Fsp3) is 0.611. The van der Waals surface area contributed by atoms with E-state index in [4.69, 9.17) is 0 Å². The molecule has 0 spiro atoms. The number of nitrogens with one attached hydrogen (secondary N) is 2. The third kappa shape index (κ3) is 6.36. The molecule has 0 radical (unpaired) electrons. The molecule has 25 heavy (non-hydrogen) atoms. The van der Waals surface area contributed by atoms with Crippen LogP contribution in [0, 0.1) is 17.0 Å². The molecule has 0 aromatic heterocycles. The van der Waals surface area contributed by atoms with Gasteiger partial charge in [0, 0.05) is 24.1 Å². The molecule has 0 aliphatic heterocycles. The van der Waals surface area contributed by atoms with Crippen LogP contribution in [0.25, 0.3) is 0 Å². The molecular weight excluding hydrogens is 439 g/mol. The van der Waals surface area contributed by atoms with Gasteiger partial charge in [-0.25, -0.2) is 13.8 Å². The summed E-state index contributed by atoms with van der Waals surface area (Å²) in [5, 5.41) is 16.6. The summed E-state index contributed by atoms with van der Waals surface area (Å²) >= 11 is 0. The summed E-state index contributed by atoms with van der Waals surface area (Å²) < 4.78 is 26.9. The second-order valence-electron chi connectivity index (χ2n) is 6.70. The maximum atomic E-state index is 13.7. The van der Waals surface area contributed by atoms with Crippen LogP contribution < -0.4 is 10.6 Å². The minimum absolute atomic E-state index is 0. The van der Waals surface area contributed by atoms with Crippen LogP contribution in [0.1, 0.15) is 45.1 Å². The van der Waals surface area contributed by atoms with E-state index in [0.29, 0.717) is 19.0 Å². The predicted molar refractivity (Wildman–Crippen MR) is 107 cm³/mol. The molecule has 0 saturated heterocycles. The third-order valence-electron chi connectivity index (χ3n) is 4.70. The molecule has 7 heteroatoms. The van der Waals surface area contributed by atoms with Crippen molar-refractivity contribution in [1.29, 1.82) is 0 Å². The maximum Gasteiger partial charge on any atom is 0.191 e. The van der Waals surface area contributed by atoms with Crippen LogP contribution in [-0.2, 0) is 6.54 Å². The molecule has 1 saturated carbocycles. The number of aliphatic hydroxyl groups excluding tert-OH is 1. The van der Waals surface area contributed by atoms with Gasteiger partial charge in [-0.2, -0.15) is 0 Å². The molecule has 0 heterocycles. The summed E-state index contributed by atoms with van der Waals surface area (Å²) in [4.78, 5) is 4.33. The van der Waals surface area contributed by atoms with E-state index in [1.807, 2.05) is 6.92 Å². The van der Waals surface area contributed by atoms with Crippen molar-refractivity contribution < 1.29 is 13.9 Å². The topological polar surface area (TPSA) is 56.7 Å². The standard InChI is InChI=1S/C18H27F2N3O.HI/c1-3-21-17(22-11-13-10-14(19)7-8-15(13)20)23-12-18(2)9-5-4-6-16(18)24;/h7-8,10,16,24H,3-6,9,11-12H2,1-2H3,(H2,21,22,23);1H. The highest BCUT2D eigenvalue weighted by Crippen LogP contribution is 2.35. The van der Waals surface area contributed by atoms with E-state index in [1.165, 1.54) is 0 Å². The maximum absolute atomic E-state index is 13.7. The Balaban J connectivity index is 0.00000312. The van der Waals surface area contributed by atoms with E-state index in [1.54, 1.807) is 0 Å². The first-order chi connectivity index (χ1) is 11.4. The summed E-state index contributed by atoms with van der Waals surface area (Å²) in [7, 11) is 0. The van der Waals surface area contributed by atoms with E-state index < -0.39 is 11.6 Å². The van der Waals surface area contributed by atoms with Gasteiger partial charge in [0.25, 0.3) is 0 Å². The van der Waals surface area contributed by atoms with E-state index >= 15 is 0 Å². The molecule has 1 aromatic carbocycles. The first-order valence-electron chi connectivity index (χ1n) is 8.59. The number of hydrogen-bond donors (Lipinski definition) is 3. The first-order valence-corrected chi connectivity index (χ1v) is 8.59. The molecule has 1 fully saturated rings. The van der Waals surface area contributed by atoms with Crippen molar-refractivity contribution in [2.24, 2.45) is 10.4 Å². The average Bonchev–Trinajstić information content (AvgIpc) is 2.56. The molecule has 1 aliphatic carbocycles. The van der Waals surface area contributed by atoms with E-state index in [9.17, 15) is 13.9 Å². The zero-order valence-electron chi connectivity index (χ0n) is 14.8. The van der Waals surface area contributed by atoms with Gasteiger partial charge in [-0.15, -0.1) is 24.0 Å². The summed E-state index contributed by atoms with van der Waals surface area (Å²) in [6.07, 6.45) is 3.61. The fourth-order valence-corrected chi connectivity index (χ4v) is 3.04. The highest BCUT2D eigenvalue weighted by molar-refractivity contribution is 14.0. The number of benzene rings is 1. The molecule has 1 aliphatic rings. The Morgan fingerprint density at radius 3 is 2.76 bits per heavy atom. The molecule has 1 aromatic rings. The Morgan fingerprint density at radius 2 is 2.08 bits per heavy atom. The molecule has 2 unspecified atom stereocenters. The van der Waals surface area contributed by atoms with Gasteiger partial charge in [0.1, 0.15) is 11.6 Å². The Hall–Kier alpha value is -0.960. The summed E-state index contributed by atoms with van der Waals surface area (Å²) in [6, 6.07) is 3.37. The number of halogens is 3. The Labute approximate surface area is 165 Å². The summed E-state index contributed by atoms with van der Waals surface area (Å²) in [5.74, 6) is -0.400. The highest BCUT2D eigenvalue weighted by atomic mass is 127. The fourth-order valence-electron chi connectivity index (χ4n) is 3.04. The third-order valence-corrected chi connectivity index (χ3v) is 4.70. The molecule has 0 amide bonds. The number of nitrogens with zero attached hydrogens (tertiary/aromatic N) is 1. The van der Waals surface area contributed by atoms with Crippen molar-refractivity contribution in [3.8, 4) is 0 Å². The highest BCUT2D eigenvalue weighted by Gasteiger charge is 2.35. The van der Waals surface area contributed by atoms with E-state index in [2.05, 4.69) is 22.5 Å². The number of hydrogen-bond acceptors (Lipinski definition) is 2. The summed E-state index contributed by atoms with van der Waals surface area (Å²) in [6.45, 7) is 5.32. The van der Waals surface area contributed by atoms with E-state index in [-0.39, 0.29) is 47.6 Å². The lowest BCUT2D eigenvalue weighted by Crippen LogP contribution is -2.48. The van der Waals surface area contributed by atoms with Crippen LogP contribution >= 0.6 is 24.0 Å². The van der Waals surface area contributed by atoms with Crippen molar-refractivity contribution in [3.63, 3.8) is 0 Å². The smallest absolute Gasteiger partial charge is 0.191 e. The van der Waals surface area contributed by atoms with Crippen molar-refractivity contribution >= 4 is 29.9 Å². The van der Waals surface area contributed by atoms with Crippen molar-refractivity contribution in [3.05, 3.63) is 35.4 Å². The number of rotatable bonds is 5. The largest absolute Gasteiger partial charge is 0.392 e. The van der Waals surface area contributed by atoms with Crippen LogP contribution in [0.15, 0.2) is 23.2 Å². The van der Waals surface area contributed by atoms with Gasteiger partial charge in [0.15, 0.2) is 5.96 Å². The van der Waals surface area contributed by atoms with Gasteiger partial charge < -0.3 is 15.7 Å². The van der Waals surface area contributed by atoms with Crippen molar-refractivity contribution in [2.45, 2.75) is 52.2 Å². The normalized spacial score (nSPS) is 23.7. The second kappa shape index (κ2) is 10.3. The molecule has 4 nitrogen and oxygen atoms in total. The minimum Gasteiger partial charge on any atom is -0.392 e.